The predicted octanol–water partition coefficient (Wildman–Crippen LogP) is 4.50. The second-order valence-corrected chi connectivity index (χ2v) is 9.03. The molecule has 178 valence electrons. The molecule has 0 radical (unpaired) electrons. The predicted molar refractivity (Wildman–Crippen MR) is 132 cm³/mol. The molecular formula is C27H37N3O3. The van der Waals surface area contributed by atoms with Crippen LogP contribution in [0.1, 0.15) is 49.8 Å². The molecular weight excluding hydrogens is 414 g/mol. The molecule has 0 N–H and O–H groups in total. The number of unbranched alkanes of at least 4 members (excludes halogenated alkanes) is 1. The lowest BCUT2D eigenvalue weighted by Gasteiger charge is -2.42. The third-order valence-electron chi connectivity index (χ3n) is 6.48. The fraction of sp³-hybridized carbons (Fsp3) is 0.481. The first-order chi connectivity index (χ1) is 15.9. The summed E-state index contributed by atoms with van der Waals surface area (Å²) in [6.07, 6.45) is 2.85. The number of ether oxygens (including phenoxy) is 1. The lowest BCUT2D eigenvalue weighted by Crippen LogP contribution is -2.48. The topological polar surface area (TPSA) is 53.1 Å². The van der Waals surface area contributed by atoms with Crippen molar-refractivity contribution >= 4 is 17.5 Å². The number of carbonyl (C=O) groups excluding carboxylic acids is 2. The number of anilines is 1. The van der Waals surface area contributed by atoms with Crippen molar-refractivity contribution in [2.45, 2.75) is 45.2 Å². The van der Waals surface area contributed by atoms with Gasteiger partial charge in [0.05, 0.1) is 19.1 Å². The Kier molecular flexibility index (Phi) is 8.37. The second-order valence-electron chi connectivity index (χ2n) is 9.03. The molecule has 0 aromatic heterocycles. The zero-order valence-electron chi connectivity index (χ0n) is 20.6. The Morgan fingerprint density at radius 1 is 1.09 bits per heavy atom. The van der Waals surface area contributed by atoms with Crippen LogP contribution in [0, 0.1) is 5.92 Å². The summed E-state index contributed by atoms with van der Waals surface area (Å²) in [5.74, 6) is 0.599. The van der Waals surface area contributed by atoms with Gasteiger partial charge in [0.1, 0.15) is 5.75 Å². The molecule has 0 bridgehead atoms. The lowest BCUT2D eigenvalue weighted by molar-refractivity contribution is -0.147. The molecule has 2 amide bonds. The molecule has 3 rings (SSSR count). The van der Waals surface area contributed by atoms with E-state index in [-0.39, 0.29) is 23.8 Å². The van der Waals surface area contributed by atoms with Crippen LogP contribution in [0.2, 0.25) is 0 Å². The van der Waals surface area contributed by atoms with Gasteiger partial charge in [-0.2, -0.15) is 0 Å². The summed E-state index contributed by atoms with van der Waals surface area (Å²) in [5, 5.41) is 0. The molecule has 2 aromatic carbocycles. The van der Waals surface area contributed by atoms with E-state index in [9.17, 15) is 9.59 Å². The minimum absolute atomic E-state index is 0.0663. The van der Waals surface area contributed by atoms with Crippen molar-refractivity contribution in [1.29, 1.82) is 0 Å². The highest BCUT2D eigenvalue weighted by molar-refractivity contribution is 5.85. The van der Waals surface area contributed by atoms with Gasteiger partial charge < -0.3 is 19.4 Å². The number of hydrogen-bond donors (Lipinski definition) is 0. The Morgan fingerprint density at radius 3 is 2.42 bits per heavy atom. The summed E-state index contributed by atoms with van der Waals surface area (Å²) in [5.41, 5.74) is 3.12. The van der Waals surface area contributed by atoms with Crippen LogP contribution < -0.4 is 9.64 Å². The normalized spacial score (nSPS) is 18.2. The van der Waals surface area contributed by atoms with Gasteiger partial charge in [-0.05, 0) is 36.6 Å². The van der Waals surface area contributed by atoms with Gasteiger partial charge in [-0.25, -0.2) is 0 Å². The van der Waals surface area contributed by atoms with Crippen LogP contribution in [0.25, 0.3) is 0 Å². The molecule has 2 aromatic rings. The van der Waals surface area contributed by atoms with Gasteiger partial charge in [0, 0.05) is 51.9 Å². The van der Waals surface area contributed by atoms with E-state index in [4.69, 9.17) is 4.74 Å². The first-order valence-electron chi connectivity index (χ1n) is 11.8. The highest BCUT2D eigenvalue weighted by atomic mass is 16.5. The number of methoxy groups -OCH3 is 1. The average molecular weight is 452 g/mol. The van der Waals surface area contributed by atoms with Crippen LogP contribution >= 0.6 is 0 Å². The summed E-state index contributed by atoms with van der Waals surface area (Å²) in [6, 6.07) is 15.7. The summed E-state index contributed by atoms with van der Waals surface area (Å²) >= 11 is 0. The third-order valence-corrected chi connectivity index (χ3v) is 6.48. The number of hydrogen-bond acceptors (Lipinski definition) is 4. The van der Waals surface area contributed by atoms with Crippen molar-refractivity contribution in [3.05, 3.63) is 59.7 Å². The summed E-state index contributed by atoms with van der Waals surface area (Å²) in [4.78, 5) is 32.4. The molecule has 0 spiro atoms. The highest BCUT2D eigenvalue weighted by Gasteiger charge is 2.42. The molecule has 6 heteroatoms. The zero-order valence-corrected chi connectivity index (χ0v) is 20.6. The number of benzene rings is 2. The number of rotatable bonds is 9. The molecule has 1 saturated heterocycles. The van der Waals surface area contributed by atoms with E-state index in [1.165, 1.54) is 0 Å². The van der Waals surface area contributed by atoms with E-state index in [2.05, 4.69) is 36.1 Å². The molecule has 0 saturated carbocycles. The molecule has 0 aliphatic carbocycles. The largest absolute Gasteiger partial charge is 0.496 e. The van der Waals surface area contributed by atoms with Crippen LogP contribution in [0.5, 0.6) is 5.75 Å². The molecule has 1 heterocycles. The summed E-state index contributed by atoms with van der Waals surface area (Å²) < 4.78 is 5.63. The number of likely N-dealkylation sites (tertiary alicyclic amines) is 1. The average Bonchev–Trinajstić information content (AvgIpc) is 2.82. The Hall–Kier alpha value is -3.02. The monoisotopic (exact) mass is 451 g/mol. The van der Waals surface area contributed by atoms with E-state index in [0.29, 0.717) is 25.9 Å². The molecule has 1 aliphatic rings. The van der Waals surface area contributed by atoms with Gasteiger partial charge in [0.15, 0.2) is 0 Å². The van der Waals surface area contributed by atoms with Crippen molar-refractivity contribution in [2.24, 2.45) is 5.92 Å². The number of amides is 2. The SMILES string of the molecule is CCCCN1C(=O)CCC(C(=O)N(C)Cc2ccc(N(C)C)cc2)C1c1ccccc1OC. The van der Waals surface area contributed by atoms with E-state index < -0.39 is 0 Å². The van der Waals surface area contributed by atoms with Crippen LogP contribution in [0.4, 0.5) is 5.69 Å². The Balaban J connectivity index is 1.88. The quantitative estimate of drug-likeness (QED) is 0.563. The Labute approximate surface area is 198 Å². The van der Waals surface area contributed by atoms with Crippen molar-refractivity contribution in [3.63, 3.8) is 0 Å². The molecule has 2 atom stereocenters. The van der Waals surface area contributed by atoms with Crippen molar-refractivity contribution in [1.82, 2.24) is 9.80 Å². The number of piperidine rings is 1. The van der Waals surface area contributed by atoms with E-state index in [1.54, 1.807) is 12.0 Å². The fourth-order valence-electron chi connectivity index (χ4n) is 4.63. The van der Waals surface area contributed by atoms with Gasteiger partial charge in [0.25, 0.3) is 0 Å². The maximum Gasteiger partial charge on any atom is 0.228 e. The number of nitrogens with zero attached hydrogens (tertiary/aromatic N) is 3. The molecule has 1 fully saturated rings. The van der Waals surface area contributed by atoms with E-state index in [0.717, 1.165) is 35.4 Å². The lowest BCUT2D eigenvalue weighted by atomic mass is 9.82. The second kappa shape index (κ2) is 11.2. The molecule has 6 nitrogen and oxygen atoms in total. The first-order valence-corrected chi connectivity index (χ1v) is 11.8. The van der Waals surface area contributed by atoms with E-state index in [1.807, 2.05) is 50.3 Å². The van der Waals surface area contributed by atoms with Crippen molar-refractivity contribution < 1.29 is 14.3 Å². The van der Waals surface area contributed by atoms with Gasteiger partial charge in [-0.3, -0.25) is 9.59 Å². The van der Waals surface area contributed by atoms with Gasteiger partial charge >= 0.3 is 0 Å². The first kappa shape index (κ1) is 24.6. The summed E-state index contributed by atoms with van der Waals surface area (Å²) in [7, 11) is 7.52. The third kappa shape index (κ3) is 5.67. The maximum atomic E-state index is 13.7. The fourth-order valence-corrected chi connectivity index (χ4v) is 4.63. The minimum atomic E-state index is -0.319. The Morgan fingerprint density at radius 2 is 1.79 bits per heavy atom. The van der Waals surface area contributed by atoms with Gasteiger partial charge in [-0.1, -0.05) is 43.7 Å². The molecule has 33 heavy (non-hydrogen) atoms. The molecule has 1 aliphatic heterocycles. The van der Waals surface area contributed by atoms with Crippen molar-refractivity contribution in [3.8, 4) is 5.75 Å². The standard InChI is InChI=1S/C27H37N3O3/c1-6-7-18-30-25(31)17-16-23(26(30)22-10-8-9-11-24(22)33-5)27(32)29(4)19-20-12-14-21(15-13-20)28(2)3/h8-15,23,26H,6-7,16-19H2,1-5H3. The maximum absolute atomic E-state index is 13.7. The Bertz CT molecular complexity index is 942. The number of para-hydroxylation sites is 1. The van der Waals surface area contributed by atoms with Crippen LogP contribution in [0.15, 0.2) is 48.5 Å². The summed E-state index contributed by atoms with van der Waals surface area (Å²) in [6.45, 7) is 3.30. The minimum Gasteiger partial charge on any atom is -0.496 e. The van der Waals surface area contributed by atoms with Crippen LogP contribution in [-0.4, -0.2) is 56.4 Å². The van der Waals surface area contributed by atoms with E-state index >= 15 is 0 Å². The van der Waals surface area contributed by atoms with Crippen molar-refractivity contribution in [2.75, 3.05) is 39.7 Å². The molecule has 2 unspecified atom stereocenters. The number of carbonyl (C=O) groups is 2. The van der Waals surface area contributed by atoms with Gasteiger partial charge in [-0.15, -0.1) is 0 Å². The van der Waals surface area contributed by atoms with Gasteiger partial charge in [0.2, 0.25) is 11.8 Å². The van der Waals surface area contributed by atoms with Crippen LogP contribution in [-0.2, 0) is 16.1 Å². The van der Waals surface area contributed by atoms with Crippen LogP contribution in [0.3, 0.4) is 0 Å². The smallest absolute Gasteiger partial charge is 0.228 e. The zero-order chi connectivity index (χ0) is 24.0. The highest BCUT2D eigenvalue weighted by Crippen LogP contribution is 2.41.